The van der Waals surface area contributed by atoms with Crippen LogP contribution in [-0.2, 0) is 17.6 Å². The van der Waals surface area contributed by atoms with Crippen molar-refractivity contribution in [2.24, 2.45) is 5.41 Å². The molecule has 0 saturated carbocycles. The van der Waals surface area contributed by atoms with Crippen LogP contribution in [0.5, 0.6) is 0 Å². The molecule has 1 atom stereocenters. The van der Waals surface area contributed by atoms with Crippen LogP contribution in [0.15, 0.2) is 18.2 Å². The monoisotopic (exact) mass is 258 g/mol. The summed E-state index contributed by atoms with van der Waals surface area (Å²) in [7, 11) is 0. The second kappa shape index (κ2) is 6.38. The number of hydrogen-bond donors (Lipinski definition) is 1. The predicted octanol–water partition coefficient (Wildman–Crippen LogP) is 3.69. The standard InChI is InChI=1S/C16H22N2O/c1-5-12-9-8-10-13(6-2)14(12)18-15(19)16(4,7-3)11-17/h8-10H,5-7H2,1-4H3,(H,18,19). The summed E-state index contributed by atoms with van der Waals surface area (Å²) >= 11 is 0. The first-order chi connectivity index (χ1) is 9.02. The maximum absolute atomic E-state index is 12.3. The molecule has 0 heterocycles. The molecule has 0 fully saturated rings. The Balaban J connectivity index is 3.12. The minimum absolute atomic E-state index is 0.215. The van der Waals surface area contributed by atoms with Gasteiger partial charge in [0.1, 0.15) is 5.41 Å². The summed E-state index contributed by atoms with van der Waals surface area (Å²) in [6.07, 6.45) is 2.22. The molecule has 0 bridgehead atoms. The Morgan fingerprint density at radius 3 is 2.16 bits per heavy atom. The van der Waals surface area contributed by atoms with E-state index < -0.39 is 5.41 Å². The van der Waals surface area contributed by atoms with E-state index in [-0.39, 0.29) is 5.91 Å². The third-order valence-electron chi connectivity index (χ3n) is 3.69. The van der Waals surface area contributed by atoms with Gasteiger partial charge in [0.2, 0.25) is 5.91 Å². The van der Waals surface area contributed by atoms with Crippen LogP contribution in [-0.4, -0.2) is 5.91 Å². The Morgan fingerprint density at radius 2 is 1.79 bits per heavy atom. The van der Waals surface area contributed by atoms with Crippen molar-refractivity contribution in [1.29, 1.82) is 5.26 Å². The molecular formula is C16H22N2O. The van der Waals surface area contributed by atoms with E-state index in [1.165, 1.54) is 0 Å². The first-order valence-corrected chi connectivity index (χ1v) is 6.85. The molecular weight excluding hydrogens is 236 g/mol. The molecule has 3 nitrogen and oxygen atoms in total. The van der Waals surface area contributed by atoms with Gasteiger partial charge in [0.15, 0.2) is 0 Å². The molecule has 1 unspecified atom stereocenters. The zero-order valence-corrected chi connectivity index (χ0v) is 12.2. The van der Waals surface area contributed by atoms with E-state index in [9.17, 15) is 10.1 Å². The Kier molecular flexibility index (Phi) is 5.11. The van der Waals surface area contributed by atoms with Crippen molar-refractivity contribution in [3.05, 3.63) is 29.3 Å². The van der Waals surface area contributed by atoms with Crippen molar-refractivity contribution in [2.75, 3.05) is 5.32 Å². The molecule has 1 aromatic rings. The summed E-state index contributed by atoms with van der Waals surface area (Å²) in [6.45, 7) is 7.67. The number of nitrogens with one attached hydrogen (secondary N) is 1. The SMILES string of the molecule is CCc1cccc(CC)c1NC(=O)C(C)(C#N)CC. The Morgan fingerprint density at radius 1 is 1.26 bits per heavy atom. The number of carbonyl (C=O) groups excluding carboxylic acids is 1. The highest BCUT2D eigenvalue weighted by atomic mass is 16.2. The lowest BCUT2D eigenvalue weighted by molar-refractivity contribution is -0.122. The number of nitrogens with zero attached hydrogens (tertiary/aromatic N) is 1. The lowest BCUT2D eigenvalue weighted by Crippen LogP contribution is -2.32. The minimum atomic E-state index is -0.966. The highest BCUT2D eigenvalue weighted by molar-refractivity contribution is 5.98. The molecule has 1 amide bonds. The molecule has 0 aliphatic carbocycles. The van der Waals surface area contributed by atoms with Gasteiger partial charge in [0.25, 0.3) is 0 Å². The quantitative estimate of drug-likeness (QED) is 0.875. The van der Waals surface area contributed by atoms with Gasteiger partial charge in [-0.25, -0.2) is 0 Å². The Hall–Kier alpha value is -1.82. The van der Waals surface area contributed by atoms with Crippen LogP contribution in [0.25, 0.3) is 0 Å². The van der Waals surface area contributed by atoms with Gasteiger partial charge < -0.3 is 5.32 Å². The fourth-order valence-electron chi connectivity index (χ4n) is 1.94. The van der Waals surface area contributed by atoms with Crippen LogP contribution >= 0.6 is 0 Å². The number of anilines is 1. The molecule has 0 spiro atoms. The molecule has 1 aromatic carbocycles. The molecule has 0 radical (unpaired) electrons. The summed E-state index contributed by atoms with van der Waals surface area (Å²) in [5, 5.41) is 12.1. The lowest BCUT2D eigenvalue weighted by Gasteiger charge is -2.21. The first-order valence-electron chi connectivity index (χ1n) is 6.85. The van der Waals surface area contributed by atoms with Crippen molar-refractivity contribution in [1.82, 2.24) is 0 Å². The fraction of sp³-hybridized carbons (Fsp3) is 0.500. The maximum Gasteiger partial charge on any atom is 0.244 e. The van der Waals surface area contributed by atoms with Crippen LogP contribution in [0.3, 0.4) is 0 Å². The van der Waals surface area contributed by atoms with Gasteiger partial charge >= 0.3 is 0 Å². The van der Waals surface area contributed by atoms with Crippen molar-refractivity contribution in [3.63, 3.8) is 0 Å². The topological polar surface area (TPSA) is 52.9 Å². The Labute approximate surface area is 115 Å². The van der Waals surface area contributed by atoms with E-state index in [0.29, 0.717) is 6.42 Å². The van der Waals surface area contributed by atoms with E-state index >= 15 is 0 Å². The number of para-hydroxylation sites is 1. The van der Waals surface area contributed by atoms with Crippen LogP contribution in [0.1, 0.15) is 45.2 Å². The third kappa shape index (κ3) is 3.14. The molecule has 102 valence electrons. The smallest absolute Gasteiger partial charge is 0.244 e. The van der Waals surface area contributed by atoms with Gasteiger partial charge in [-0.15, -0.1) is 0 Å². The van der Waals surface area contributed by atoms with Gasteiger partial charge in [-0.2, -0.15) is 5.26 Å². The Bertz CT molecular complexity index is 480. The fourth-order valence-corrected chi connectivity index (χ4v) is 1.94. The minimum Gasteiger partial charge on any atom is -0.324 e. The lowest BCUT2D eigenvalue weighted by atomic mass is 9.88. The first kappa shape index (κ1) is 15.2. The summed E-state index contributed by atoms with van der Waals surface area (Å²) in [5.74, 6) is -0.215. The number of carbonyl (C=O) groups is 1. The van der Waals surface area contributed by atoms with E-state index in [2.05, 4.69) is 25.2 Å². The largest absolute Gasteiger partial charge is 0.324 e. The second-order valence-corrected chi connectivity index (χ2v) is 4.91. The predicted molar refractivity (Wildman–Crippen MR) is 77.8 cm³/mol. The molecule has 19 heavy (non-hydrogen) atoms. The molecule has 0 saturated heterocycles. The molecule has 1 N–H and O–H groups in total. The second-order valence-electron chi connectivity index (χ2n) is 4.91. The van der Waals surface area contributed by atoms with Crippen LogP contribution in [0, 0.1) is 16.7 Å². The number of rotatable bonds is 5. The van der Waals surface area contributed by atoms with Gasteiger partial charge in [-0.3, -0.25) is 4.79 Å². The average Bonchev–Trinajstić information content (AvgIpc) is 2.46. The number of hydrogen-bond acceptors (Lipinski definition) is 2. The van der Waals surface area contributed by atoms with Crippen molar-refractivity contribution in [3.8, 4) is 6.07 Å². The van der Waals surface area contributed by atoms with Crippen LogP contribution in [0.2, 0.25) is 0 Å². The van der Waals surface area contributed by atoms with E-state index in [1.807, 2.05) is 25.1 Å². The van der Waals surface area contributed by atoms with Crippen LogP contribution < -0.4 is 5.32 Å². The van der Waals surface area contributed by atoms with Crippen molar-refractivity contribution < 1.29 is 4.79 Å². The van der Waals surface area contributed by atoms with E-state index in [1.54, 1.807) is 6.92 Å². The van der Waals surface area contributed by atoms with E-state index in [4.69, 9.17) is 0 Å². The number of aryl methyl sites for hydroxylation is 2. The zero-order valence-electron chi connectivity index (χ0n) is 12.2. The van der Waals surface area contributed by atoms with Crippen molar-refractivity contribution in [2.45, 2.75) is 47.0 Å². The molecule has 0 aromatic heterocycles. The third-order valence-corrected chi connectivity index (χ3v) is 3.69. The summed E-state index contributed by atoms with van der Waals surface area (Å²) in [4.78, 5) is 12.3. The van der Waals surface area contributed by atoms with Crippen molar-refractivity contribution >= 4 is 11.6 Å². The normalized spacial score (nSPS) is 13.4. The van der Waals surface area contributed by atoms with Gasteiger partial charge in [0.05, 0.1) is 6.07 Å². The number of nitriles is 1. The summed E-state index contributed by atoms with van der Waals surface area (Å²) in [6, 6.07) is 8.16. The molecule has 3 heteroatoms. The zero-order chi connectivity index (χ0) is 14.5. The molecule has 0 aliphatic heterocycles. The molecule has 0 aliphatic rings. The van der Waals surface area contributed by atoms with Gasteiger partial charge in [-0.05, 0) is 37.3 Å². The van der Waals surface area contributed by atoms with Gasteiger partial charge in [-0.1, -0.05) is 39.0 Å². The molecule has 1 rings (SSSR count). The number of benzene rings is 1. The van der Waals surface area contributed by atoms with Gasteiger partial charge in [0, 0.05) is 5.69 Å². The average molecular weight is 258 g/mol. The maximum atomic E-state index is 12.3. The number of amides is 1. The summed E-state index contributed by atoms with van der Waals surface area (Å²) < 4.78 is 0. The summed E-state index contributed by atoms with van der Waals surface area (Å²) in [5.41, 5.74) is 2.15. The van der Waals surface area contributed by atoms with Crippen LogP contribution in [0.4, 0.5) is 5.69 Å². The van der Waals surface area contributed by atoms with E-state index in [0.717, 1.165) is 29.7 Å². The highest BCUT2D eigenvalue weighted by Gasteiger charge is 2.31. The highest BCUT2D eigenvalue weighted by Crippen LogP contribution is 2.27.